The van der Waals surface area contributed by atoms with Gasteiger partial charge in [0, 0.05) is 18.0 Å². The Morgan fingerprint density at radius 2 is 1.89 bits per heavy atom. The third-order valence-electron chi connectivity index (χ3n) is 4.53. The van der Waals surface area contributed by atoms with E-state index in [4.69, 9.17) is 5.73 Å². The molecule has 0 saturated heterocycles. The summed E-state index contributed by atoms with van der Waals surface area (Å²) in [6, 6.07) is 0. The molecule has 0 radical (unpaired) electrons. The predicted octanol–water partition coefficient (Wildman–Crippen LogP) is 3.08. The smallest absolute Gasteiger partial charge is 0.223 e. The highest BCUT2D eigenvalue weighted by atomic mass is 16.2. The van der Waals surface area contributed by atoms with E-state index in [1.54, 1.807) is 0 Å². The zero-order valence-electron chi connectivity index (χ0n) is 13.2. The number of rotatable bonds is 6. The molecular formula is C16H32N2O. The Hall–Kier alpha value is -0.570. The standard InChI is InChI=1S/C16H32N2O/c1-5-13-6-8-14(9-7-13)15(19)18-16(4,11-17)10-12(2)3/h12-14H,5-11,17H2,1-4H3,(H,18,19). The Balaban J connectivity index is 2.49. The van der Waals surface area contributed by atoms with Gasteiger partial charge in [-0.05, 0) is 50.9 Å². The maximum atomic E-state index is 12.4. The number of amides is 1. The highest BCUT2D eigenvalue weighted by molar-refractivity contribution is 5.79. The zero-order chi connectivity index (χ0) is 14.5. The van der Waals surface area contributed by atoms with Crippen molar-refractivity contribution in [3.8, 4) is 0 Å². The van der Waals surface area contributed by atoms with Gasteiger partial charge in [-0.25, -0.2) is 0 Å². The number of hydrogen-bond acceptors (Lipinski definition) is 2. The fourth-order valence-corrected chi connectivity index (χ4v) is 3.32. The second-order valence-corrected chi connectivity index (χ2v) is 6.98. The topological polar surface area (TPSA) is 55.1 Å². The van der Waals surface area contributed by atoms with Gasteiger partial charge in [-0.2, -0.15) is 0 Å². The molecule has 1 amide bonds. The molecule has 112 valence electrons. The number of nitrogens with two attached hydrogens (primary N) is 1. The maximum Gasteiger partial charge on any atom is 0.223 e. The SMILES string of the molecule is CCC1CCC(C(=O)NC(C)(CN)CC(C)C)CC1. The van der Waals surface area contributed by atoms with Gasteiger partial charge in [0.2, 0.25) is 5.91 Å². The van der Waals surface area contributed by atoms with Crippen LogP contribution >= 0.6 is 0 Å². The van der Waals surface area contributed by atoms with Crippen LogP contribution in [0.4, 0.5) is 0 Å². The van der Waals surface area contributed by atoms with Gasteiger partial charge in [-0.3, -0.25) is 4.79 Å². The Bertz CT molecular complexity index is 282. The lowest BCUT2D eigenvalue weighted by atomic mass is 9.80. The number of hydrogen-bond donors (Lipinski definition) is 2. The molecule has 1 unspecified atom stereocenters. The van der Waals surface area contributed by atoms with Crippen LogP contribution in [0.15, 0.2) is 0 Å². The Labute approximate surface area is 118 Å². The predicted molar refractivity (Wildman–Crippen MR) is 80.8 cm³/mol. The van der Waals surface area contributed by atoms with E-state index < -0.39 is 0 Å². The van der Waals surface area contributed by atoms with Gasteiger partial charge in [0.25, 0.3) is 0 Å². The molecule has 0 aromatic carbocycles. The highest BCUT2D eigenvalue weighted by Crippen LogP contribution is 2.31. The van der Waals surface area contributed by atoms with Crippen LogP contribution in [0.3, 0.4) is 0 Å². The fourth-order valence-electron chi connectivity index (χ4n) is 3.32. The first-order valence-corrected chi connectivity index (χ1v) is 7.92. The third-order valence-corrected chi connectivity index (χ3v) is 4.53. The Kier molecular flexibility index (Phi) is 6.31. The van der Waals surface area contributed by atoms with E-state index in [-0.39, 0.29) is 17.4 Å². The van der Waals surface area contributed by atoms with Gasteiger partial charge in [-0.15, -0.1) is 0 Å². The lowest BCUT2D eigenvalue weighted by molar-refractivity contribution is -0.128. The third kappa shape index (κ3) is 5.13. The molecule has 0 spiro atoms. The number of nitrogens with one attached hydrogen (secondary N) is 1. The van der Waals surface area contributed by atoms with Crippen LogP contribution in [-0.2, 0) is 4.79 Å². The lowest BCUT2D eigenvalue weighted by Gasteiger charge is -2.34. The molecule has 1 fully saturated rings. The summed E-state index contributed by atoms with van der Waals surface area (Å²) in [6.07, 6.45) is 6.71. The molecule has 1 rings (SSSR count). The Morgan fingerprint density at radius 3 is 2.32 bits per heavy atom. The van der Waals surface area contributed by atoms with Crippen LogP contribution in [0.25, 0.3) is 0 Å². The van der Waals surface area contributed by atoms with E-state index in [9.17, 15) is 4.79 Å². The van der Waals surface area contributed by atoms with Gasteiger partial charge in [0.05, 0.1) is 0 Å². The van der Waals surface area contributed by atoms with E-state index in [1.807, 2.05) is 0 Å². The summed E-state index contributed by atoms with van der Waals surface area (Å²) in [4.78, 5) is 12.4. The largest absolute Gasteiger partial charge is 0.349 e. The Morgan fingerprint density at radius 1 is 1.32 bits per heavy atom. The molecule has 0 aromatic heterocycles. The van der Waals surface area contributed by atoms with Crippen molar-refractivity contribution < 1.29 is 4.79 Å². The zero-order valence-corrected chi connectivity index (χ0v) is 13.2. The van der Waals surface area contributed by atoms with E-state index >= 15 is 0 Å². The van der Waals surface area contributed by atoms with Gasteiger partial charge in [-0.1, -0.05) is 27.2 Å². The normalized spacial score (nSPS) is 27.1. The summed E-state index contributed by atoms with van der Waals surface area (Å²) in [5.41, 5.74) is 5.62. The van der Waals surface area contributed by atoms with Gasteiger partial charge in [0.1, 0.15) is 0 Å². The fraction of sp³-hybridized carbons (Fsp3) is 0.938. The van der Waals surface area contributed by atoms with Gasteiger partial charge < -0.3 is 11.1 Å². The average molecular weight is 268 g/mol. The van der Waals surface area contributed by atoms with Crippen molar-refractivity contribution in [3.05, 3.63) is 0 Å². The number of carbonyl (C=O) groups excluding carboxylic acids is 1. The first-order valence-electron chi connectivity index (χ1n) is 7.92. The summed E-state index contributed by atoms with van der Waals surface area (Å²) in [5.74, 6) is 1.81. The van der Waals surface area contributed by atoms with Crippen molar-refractivity contribution in [1.82, 2.24) is 5.32 Å². The summed E-state index contributed by atoms with van der Waals surface area (Å²) < 4.78 is 0. The molecule has 1 aliphatic carbocycles. The molecule has 1 saturated carbocycles. The number of carbonyl (C=O) groups is 1. The van der Waals surface area contributed by atoms with Crippen LogP contribution in [0.5, 0.6) is 0 Å². The molecule has 3 nitrogen and oxygen atoms in total. The summed E-state index contributed by atoms with van der Waals surface area (Å²) in [6.45, 7) is 9.18. The first-order chi connectivity index (χ1) is 8.90. The minimum Gasteiger partial charge on any atom is -0.349 e. The van der Waals surface area contributed by atoms with E-state index in [0.29, 0.717) is 12.5 Å². The summed E-state index contributed by atoms with van der Waals surface area (Å²) >= 11 is 0. The molecule has 0 aromatic rings. The van der Waals surface area contributed by atoms with Crippen molar-refractivity contribution in [2.45, 2.75) is 71.8 Å². The quantitative estimate of drug-likeness (QED) is 0.778. The van der Waals surface area contributed by atoms with Crippen molar-refractivity contribution in [2.75, 3.05) is 6.54 Å². The van der Waals surface area contributed by atoms with E-state index in [1.165, 1.54) is 19.3 Å². The molecule has 0 heterocycles. The van der Waals surface area contributed by atoms with Crippen molar-refractivity contribution in [1.29, 1.82) is 0 Å². The summed E-state index contributed by atoms with van der Waals surface area (Å²) in [5, 5.41) is 3.21. The molecule has 0 aliphatic heterocycles. The molecule has 1 aliphatic rings. The molecular weight excluding hydrogens is 236 g/mol. The summed E-state index contributed by atoms with van der Waals surface area (Å²) in [7, 11) is 0. The van der Waals surface area contributed by atoms with Crippen molar-refractivity contribution >= 4 is 5.91 Å². The molecule has 19 heavy (non-hydrogen) atoms. The van der Waals surface area contributed by atoms with Crippen molar-refractivity contribution in [3.63, 3.8) is 0 Å². The van der Waals surface area contributed by atoms with Gasteiger partial charge in [0.15, 0.2) is 0 Å². The highest BCUT2D eigenvalue weighted by Gasteiger charge is 2.31. The van der Waals surface area contributed by atoms with Crippen LogP contribution < -0.4 is 11.1 Å². The van der Waals surface area contributed by atoms with E-state index in [2.05, 4.69) is 33.0 Å². The van der Waals surface area contributed by atoms with E-state index in [0.717, 1.165) is 25.2 Å². The maximum absolute atomic E-state index is 12.4. The molecule has 3 N–H and O–H groups in total. The van der Waals surface area contributed by atoms with Gasteiger partial charge >= 0.3 is 0 Å². The van der Waals surface area contributed by atoms with Crippen LogP contribution in [0, 0.1) is 17.8 Å². The molecule has 3 heteroatoms. The first kappa shape index (κ1) is 16.5. The monoisotopic (exact) mass is 268 g/mol. The average Bonchev–Trinajstić information content (AvgIpc) is 2.37. The minimum atomic E-state index is -0.243. The minimum absolute atomic E-state index is 0.209. The van der Waals surface area contributed by atoms with Crippen LogP contribution in [-0.4, -0.2) is 18.0 Å². The molecule has 0 bridgehead atoms. The van der Waals surface area contributed by atoms with Crippen LogP contribution in [0.2, 0.25) is 0 Å². The second-order valence-electron chi connectivity index (χ2n) is 6.98. The molecule has 1 atom stereocenters. The van der Waals surface area contributed by atoms with Crippen molar-refractivity contribution in [2.24, 2.45) is 23.5 Å². The second kappa shape index (κ2) is 7.28. The van der Waals surface area contributed by atoms with Crippen LogP contribution in [0.1, 0.15) is 66.2 Å². The lowest BCUT2D eigenvalue weighted by Crippen LogP contribution is -2.54.